The zero-order chi connectivity index (χ0) is 23.3. The molecule has 0 aliphatic carbocycles. The van der Waals surface area contributed by atoms with E-state index in [0.29, 0.717) is 38.5 Å². The summed E-state index contributed by atoms with van der Waals surface area (Å²) in [5.41, 5.74) is 1.68. The van der Waals surface area contributed by atoms with Gasteiger partial charge in [0.15, 0.2) is 0 Å². The molecule has 1 heterocycles. The molecule has 3 amide bonds. The molecule has 176 valence electrons. The summed E-state index contributed by atoms with van der Waals surface area (Å²) >= 11 is 0. The van der Waals surface area contributed by atoms with Crippen molar-refractivity contribution >= 4 is 17.6 Å². The Kier molecular flexibility index (Phi) is 10.6. The number of aryl methyl sites for hydroxylation is 1. The number of unbranched alkanes of at least 4 members (excludes halogenated alkanes) is 1. The molecule has 0 radical (unpaired) electrons. The maximum atomic E-state index is 13.2. The number of amides is 3. The van der Waals surface area contributed by atoms with Gasteiger partial charge in [0.05, 0.1) is 19.8 Å². The lowest BCUT2D eigenvalue weighted by molar-refractivity contribution is -0.133. The number of nitrogens with one attached hydrogen (secondary N) is 1. The molecule has 0 bridgehead atoms. The van der Waals surface area contributed by atoms with Crippen LogP contribution in [-0.4, -0.2) is 66.3 Å². The van der Waals surface area contributed by atoms with Gasteiger partial charge in [-0.25, -0.2) is 4.79 Å². The van der Waals surface area contributed by atoms with Crippen molar-refractivity contribution in [2.75, 3.05) is 45.3 Å². The third-order valence-electron chi connectivity index (χ3n) is 5.13. The first kappa shape index (κ1) is 25.3. The van der Waals surface area contributed by atoms with Crippen LogP contribution >= 0.6 is 0 Å². The largest absolute Gasteiger partial charge is 0.494 e. The van der Waals surface area contributed by atoms with Crippen molar-refractivity contribution in [1.29, 1.82) is 0 Å². The summed E-state index contributed by atoms with van der Waals surface area (Å²) in [4.78, 5) is 29.4. The molecule has 0 aliphatic rings. The number of ether oxygens (including phenoxy) is 2. The molecule has 8 heteroatoms. The molecule has 0 saturated heterocycles. The van der Waals surface area contributed by atoms with Crippen molar-refractivity contribution in [3.8, 4) is 5.75 Å². The van der Waals surface area contributed by atoms with Crippen LogP contribution in [0.1, 0.15) is 32.4 Å². The summed E-state index contributed by atoms with van der Waals surface area (Å²) in [5, 5.41) is 2.89. The third kappa shape index (κ3) is 7.92. The summed E-state index contributed by atoms with van der Waals surface area (Å²) in [6, 6.07) is 10.9. The normalized spacial score (nSPS) is 10.6. The van der Waals surface area contributed by atoms with Gasteiger partial charge in [-0.1, -0.05) is 13.3 Å². The molecule has 2 rings (SSSR count). The first-order chi connectivity index (χ1) is 15.5. The summed E-state index contributed by atoms with van der Waals surface area (Å²) < 4.78 is 12.6. The molecule has 0 atom stereocenters. The zero-order valence-corrected chi connectivity index (χ0v) is 19.7. The van der Waals surface area contributed by atoms with Crippen LogP contribution < -0.4 is 10.1 Å². The van der Waals surface area contributed by atoms with Crippen LogP contribution in [0.4, 0.5) is 10.5 Å². The molecule has 1 aromatic heterocycles. The quantitative estimate of drug-likeness (QED) is 0.511. The number of hydrogen-bond donors (Lipinski definition) is 1. The minimum absolute atomic E-state index is 0.0109. The predicted octanol–water partition coefficient (Wildman–Crippen LogP) is 3.73. The van der Waals surface area contributed by atoms with Crippen LogP contribution in [0.3, 0.4) is 0 Å². The van der Waals surface area contributed by atoms with Crippen LogP contribution in [0.2, 0.25) is 0 Å². The van der Waals surface area contributed by atoms with E-state index in [9.17, 15) is 9.59 Å². The monoisotopic (exact) mass is 444 g/mol. The predicted molar refractivity (Wildman–Crippen MR) is 126 cm³/mol. The van der Waals surface area contributed by atoms with Gasteiger partial charge in [0.2, 0.25) is 5.91 Å². The van der Waals surface area contributed by atoms with Crippen LogP contribution in [0.5, 0.6) is 5.75 Å². The molecule has 0 spiro atoms. The van der Waals surface area contributed by atoms with Crippen LogP contribution in [-0.2, 0) is 23.1 Å². The Bertz CT molecular complexity index is 835. The van der Waals surface area contributed by atoms with Gasteiger partial charge < -0.3 is 29.2 Å². The Morgan fingerprint density at radius 2 is 1.81 bits per heavy atom. The Hall–Kier alpha value is -3.00. The van der Waals surface area contributed by atoms with E-state index in [1.807, 2.05) is 49.0 Å². The van der Waals surface area contributed by atoms with E-state index in [1.54, 1.807) is 29.0 Å². The highest BCUT2D eigenvalue weighted by atomic mass is 16.5. The summed E-state index contributed by atoms with van der Waals surface area (Å²) in [7, 11) is 3.56. The van der Waals surface area contributed by atoms with E-state index in [0.717, 1.165) is 24.3 Å². The van der Waals surface area contributed by atoms with Crippen molar-refractivity contribution in [1.82, 2.24) is 14.4 Å². The van der Waals surface area contributed by atoms with E-state index in [-0.39, 0.29) is 18.5 Å². The number of benzene rings is 1. The number of nitrogens with zero attached hydrogens (tertiary/aromatic N) is 3. The number of carbonyl (C=O) groups excluding carboxylic acids is 2. The second-order valence-corrected chi connectivity index (χ2v) is 7.58. The van der Waals surface area contributed by atoms with E-state index >= 15 is 0 Å². The lowest BCUT2D eigenvalue weighted by atomic mass is 10.3. The average Bonchev–Trinajstić information content (AvgIpc) is 3.19. The number of hydrogen-bond acceptors (Lipinski definition) is 4. The molecular weight excluding hydrogens is 408 g/mol. The molecule has 0 unspecified atom stereocenters. The first-order valence-electron chi connectivity index (χ1n) is 11.1. The Labute approximate surface area is 191 Å². The van der Waals surface area contributed by atoms with E-state index in [4.69, 9.17) is 9.47 Å². The van der Waals surface area contributed by atoms with Gasteiger partial charge in [-0.05, 0) is 49.7 Å². The van der Waals surface area contributed by atoms with E-state index in [1.165, 1.54) is 0 Å². The number of carbonyl (C=O) groups is 2. The Morgan fingerprint density at radius 1 is 1.06 bits per heavy atom. The smallest absolute Gasteiger partial charge is 0.322 e. The van der Waals surface area contributed by atoms with Crippen molar-refractivity contribution in [3.63, 3.8) is 0 Å². The Balaban J connectivity index is 2.07. The second-order valence-electron chi connectivity index (χ2n) is 7.58. The molecular formula is C24H36N4O4. The maximum Gasteiger partial charge on any atom is 0.322 e. The summed E-state index contributed by atoms with van der Waals surface area (Å²) in [6.07, 6.45) is 3.70. The van der Waals surface area contributed by atoms with Gasteiger partial charge in [-0.15, -0.1) is 0 Å². The van der Waals surface area contributed by atoms with Crippen molar-refractivity contribution in [2.24, 2.45) is 7.05 Å². The highest BCUT2D eigenvalue weighted by molar-refractivity contribution is 5.92. The average molecular weight is 445 g/mol. The highest BCUT2D eigenvalue weighted by Crippen LogP contribution is 2.16. The summed E-state index contributed by atoms with van der Waals surface area (Å²) in [6.45, 7) is 6.45. The minimum atomic E-state index is -0.290. The highest BCUT2D eigenvalue weighted by Gasteiger charge is 2.22. The molecule has 0 fully saturated rings. The number of aromatic nitrogens is 1. The van der Waals surface area contributed by atoms with Gasteiger partial charge in [-0.3, -0.25) is 4.79 Å². The fourth-order valence-corrected chi connectivity index (χ4v) is 3.22. The summed E-state index contributed by atoms with van der Waals surface area (Å²) in [5.74, 6) is 0.638. The Morgan fingerprint density at radius 3 is 2.41 bits per heavy atom. The second kappa shape index (κ2) is 13.4. The molecule has 32 heavy (non-hydrogen) atoms. The lowest BCUT2D eigenvalue weighted by Crippen LogP contribution is -2.45. The van der Waals surface area contributed by atoms with Crippen LogP contribution in [0, 0.1) is 0 Å². The van der Waals surface area contributed by atoms with Crippen LogP contribution in [0.25, 0.3) is 0 Å². The van der Waals surface area contributed by atoms with Gasteiger partial charge in [0.25, 0.3) is 0 Å². The van der Waals surface area contributed by atoms with Gasteiger partial charge in [0, 0.05) is 44.8 Å². The fraction of sp³-hybridized carbons (Fsp3) is 0.500. The van der Waals surface area contributed by atoms with E-state index < -0.39 is 0 Å². The van der Waals surface area contributed by atoms with Crippen molar-refractivity contribution in [2.45, 2.75) is 33.2 Å². The van der Waals surface area contributed by atoms with E-state index in [2.05, 4.69) is 12.2 Å². The third-order valence-corrected chi connectivity index (χ3v) is 5.13. The molecule has 0 aliphatic heterocycles. The topological polar surface area (TPSA) is 76.0 Å². The minimum Gasteiger partial charge on any atom is -0.494 e. The number of anilines is 1. The van der Waals surface area contributed by atoms with Crippen molar-refractivity contribution < 1.29 is 19.1 Å². The molecule has 0 saturated carbocycles. The van der Waals surface area contributed by atoms with Gasteiger partial charge in [0.1, 0.15) is 12.3 Å². The van der Waals surface area contributed by atoms with Crippen LogP contribution in [0.15, 0.2) is 42.6 Å². The zero-order valence-electron chi connectivity index (χ0n) is 19.7. The number of urea groups is 1. The standard InChI is InChI=1S/C24H36N4O4/c1-5-7-15-28(24(30)25-20-10-12-22(13-11-20)32-6-2)19-23(29)27(16-17-31-4)18-21-9-8-14-26(21)3/h8-14H,5-7,15-19H2,1-4H3,(H,25,30). The SMILES string of the molecule is CCCCN(CC(=O)N(CCOC)Cc1cccn1C)C(=O)Nc1ccc(OCC)cc1. The maximum absolute atomic E-state index is 13.2. The molecule has 1 N–H and O–H groups in total. The van der Waals surface area contributed by atoms with Gasteiger partial charge >= 0.3 is 6.03 Å². The molecule has 2 aromatic rings. The van der Waals surface area contributed by atoms with Crippen molar-refractivity contribution in [3.05, 3.63) is 48.3 Å². The molecule has 1 aromatic carbocycles. The van der Waals surface area contributed by atoms with Gasteiger partial charge in [-0.2, -0.15) is 0 Å². The molecule has 8 nitrogen and oxygen atoms in total. The first-order valence-corrected chi connectivity index (χ1v) is 11.1. The number of rotatable bonds is 13. The lowest BCUT2D eigenvalue weighted by Gasteiger charge is -2.28. The fourth-order valence-electron chi connectivity index (χ4n) is 3.22. The number of methoxy groups -OCH3 is 1.